The highest BCUT2D eigenvalue weighted by atomic mass is 19.1. The lowest BCUT2D eigenvalue weighted by Gasteiger charge is -2.44. The number of ether oxygens (including phenoxy) is 1. The predicted octanol–water partition coefficient (Wildman–Crippen LogP) is 3.50. The zero-order chi connectivity index (χ0) is 28.2. The van der Waals surface area contributed by atoms with Crippen LogP contribution in [-0.4, -0.2) is 64.0 Å². The molecule has 1 aliphatic carbocycles. The van der Waals surface area contributed by atoms with Gasteiger partial charge in [0.15, 0.2) is 11.6 Å². The molecule has 9 nitrogen and oxygen atoms in total. The number of carbonyl (C=O) groups is 2. The first-order valence-corrected chi connectivity index (χ1v) is 13.5. The van der Waals surface area contributed by atoms with Gasteiger partial charge in [-0.25, -0.2) is 9.18 Å². The van der Waals surface area contributed by atoms with Crippen molar-refractivity contribution in [2.24, 2.45) is 17.6 Å². The second-order valence-corrected chi connectivity index (χ2v) is 10.8. The first kappa shape index (κ1) is 28.8. The number of aryl methyl sites for hydroxylation is 1. The molecule has 2 amide bonds. The zero-order valence-corrected chi connectivity index (χ0v) is 22.2. The number of likely N-dealkylation sites (tertiary alicyclic amines) is 1. The molecule has 39 heavy (non-hydrogen) atoms. The van der Waals surface area contributed by atoms with Crippen LogP contribution in [0, 0.1) is 24.6 Å². The van der Waals surface area contributed by atoms with Crippen LogP contribution >= 0.6 is 0 Å². The number of carbonyl (C=O) groups excluding carboxylic acids is 1. The molecule has 10 heteroatoms. The lowest BCUT2D eigenvalue weighted by Crippen LogP contribution is -2.49. The fourth-order valence-electron chi connectivity index (χ4n) is 5.94. The van der Waals surface area contributed by atoms with E-state index < -0.39 is 35.6 Å². The molecule has 0 radical (unpaired) electrons. The van der Waals surface area contributed by atoms with Crippen LogP contribution in [0.5, 0.6) is 11.5 Å². The third kappa shape index (κ3) is 6.69. The van der Waals surface area contributed by atoms with Crippen molar-refractivity contribution < 1.29 is 34.0 Å². The van der Waals surface area contributed by atoms with Crippen LogP contribution in [0.4, 0.5) is 9.18 Å². The van der Waals surface area contributed by atoms with Crippen molar-refractivity contribution in [3.05, 3.63) is 59.4 Å². The molecule has 1 aliphatic heterocycles. The normalized spacial score (nSPS) is 24.7. The van der Waals surface area contributed by atoms with E-state index in [0.29, 0.717) is 38.0 Å². The van der Waals surface area contributed by atoms with E-state index in [9.17, 15) is 19.8 Å². The molecule has 2 aromatic carbocycles. The molecule has 5 unspecified atom stereocenters. The Morgan fingerprint density at radius 2 is 2.00 bits per heavy atom. The summed E-state index contributed by atoms with van der Waals surface area (Å²) >= 11 is 0. The quantitative estimate of drug-likeness (QED) is 0.304. The van der Waals surface area contributed by atoms with Gasteiger partial charge in [0.1, 0.15) is 5.75 Å². The molecule has 0 bridgehead atoms. The first-order valence-electron chi connectivity index (χ1n) is 13.5. The SMILES string of the molecule is Cc1cccc(Oc2c(F)cccc2C(O)(CCCNC(=O)O)C2CCCN(C(=O)C3CC(N)C(O)C3)C2)c1. The molecule has 1 heterocycles. The molecule has 2 aliphatic rings. The summed E-state index contributed by atoms with van der Waals surface area (Å²) in [6.07, 6.45) is 0.468. The smallest absolute Gasteiger partial charge is 0.404 e. The maximum Gasteiger partial charge on any atom is 0.404 e. The van der Waals surface area contributed by atoms with Crippen molar-refractivity contribution in [1.82, 2.24) is 10.2 Å². The summed E-state index contributed by atoms with van der Waals surface area (Å²) in [7, 11) is 0. The maximum absolute atomic E-state index is 15.3. The van der Waals surface area contributed by atoms with Gasteiger partial charge in [-0.15, -0.1) is 0 Å². The van der Waals surface area contributed by atoms with Gasteiger partial charge in [-0.3, -0.25) is 4.79 Å². The number of amides is 2. The Hall–Kier alpha value is -3.21. The number of piperidine rings is 1. The van der Waals surface area contributed by atoms with Crippen LogP contribution in [0.2, 0.25) is 0 Å². The second kappa shape index (κ2) is 12.3. The molecule has 212 valence electrons. The summed E-state index contributed by atoms with van der Waals surface area (Å²) in [5.41, 5.74) is 5.53. The van der Waals surface area contributed by atoms with Crippen LogP contribution in [0.15, 0.2) is 42.5 Å². The van der Waals surface area contributed by atoms with Crippen LogP contribution in [0.25, 0.3) is 0 Å². The largest absolute Gasteiger partial charge is 0.465 e. The maximum atomic E-state index is 15.3. The Balaban J connectivity index is 1.64. The van der Waals surface area contributed by atoms with Gasteiger partial charge in [0.2, 0.25) is 5.91 Å². The number of nitrogens with two attached hydrogens (primary N) is 1. The van der Waals surface area contributed by atoms with Gasteiger partial charge in [-0.05, 0) is 69.2 Å². The summed E-state index contributed by atoms with van der Waals surface area (Å²) in [5.74, 6) is -1.23. The Bertz CT molecular complexity index is 1170. The summed E-state index contributed by atoms with van der Waals surface area (Å²) in [4.78, 5) is 26.1. The highest BCUT2D eigenvalue weighted by molar-refractivity contribution is 5.79. The Morgan fingerprint density at radius 1 is 1.23 bits per heavy atom. The number of hydrogen-bond donors (Lipinski definition) is 5. The Morgan fingerprint density at radius 3 is 2.69 bits per heavy atom. The summed E-state index contributed by atoms with van der Waals surface area (Å²) in [5, 5.41) is 33.7. The number of carboxylic acid groups (broad SMARTS) is 1. The number of para-hydroxylation sites is 1. The van der Waals surface area contributed by atoms with E-state index in [-0.39, 0.29) is 49.1 Å². The number of nitrogens with one attached hydrogen (secondary N) is 1. The fraction of sp³-hybridized carbons (Fsp3) is 0.517. The monoisotopic (exact) mass is 543 g/mol. The van der Waals surface area contributed by atoms with E-state index in [1.807, 2.05) is 13.0 Å². The molecule has 5 atom stereocenters. The van der Waals surface area contributed by atoms with Crippen molar-refractivity contribution in [2.75, 3.05) is 19.6 Å². The second-order valence-electron chi connectivity index (χ2n) is 10.8. The average molecular weight is 544 g/mol. The predicted molar refractivity (Wildman–Crippen MR) is 143 cm³/mol. The van der Waals surface area contributed by atoms with Gasteiger partial charge in [0.25, 0.3) is 0 Å². The van der Waals surface area contributed by atoms with E-state index in [2.05, 4.69) is 5.32 Å². The molecule has 1 saturated carbocycles. The van der Waals surface area contributed by atoms with E-state index in [4.69, 9.17) is 15.6 Å². The van der Waals surface area contributed by atoms with Crippen molar-refractivity contribution >= 4 is 12.0 Å². The van der Waals surface area contributed by atoms with E-state index in [1.54, 1.807) is 29.2 Å². The average Bonchev–Trinajstić information content (AvgIpc) is 3.25. The third-order valence-electron chi connectivity index (χ3n) is 7.99. The molecule has 2 fully saturated rings. The van der Waals surface area contributed by atoms with Gasteiger partial charge in [0.05, 0.1) is 11.7 Å². The Kier molecular flexibility index (Phi) is 9.09. The molecule has 0 spiro atoms. The summed E-state index contributed by atoms with van der Waals surface area (Å²) < 4.78 is 21.3. The minimum atomic E-state index is -1.61. The summed E-state index contributed by atoms with van der Waals surface area (Å²) in [6, 6.07) is 11.1. The third-order valence-corrected chi connectivity index (χ3v) is 7.99. The molecular weight excluding hydrogens is 505 g/mol. The van der Waals surface area contributed by atoms with E-state index in [0.717, 1.165) is 5.56 Å². The van der Waals surface area contributed by atoms with Crippen molar-refractivity contribution in [3.63, 3.8) is 0 Å². The zero-order valence-electron chi connectivity index (χ0n) is 22.2. The number of aliphatic hydroxyl groups excluding tert-OH is 1. The molecular formula is C29H38FN3O6. The van der Waals surface area contributed by atoms with Gasteiger partial charge >= 0.3 is 6.09 Å². The Labute approximate surface area is 227 Å². The van der Waals surface area contributed by atoms with Gasteiger partial charge < -0.3 is 36.0 Å². The minimum Gasteiger partial charge on any atom is -0.465 e. The first-order chi connectivity index (χ1) is 18.6. The van der Waals surface area contributed by atoms with Crippen LogP contribution in [0.1, 0.15) is 49.7 Å². The summed E-state index contributed by atoms with van der Waals surface area (Å²) in [6.45, 7) is 2.76. The number of nitrogens with zero attached hydrogens (tertiary/aromatic N) is 1. The van der Waals surface area contributed by atoms with Crippen molar-refractivity contribution in [2.45, 2.75) is 63.2 Å². The number of aliphatic hydroxyl groups is 2. The highest BCUT2D eigenvalue weighted by Crippen LogP contribution is 2.45. The van der Waals surface area contributed by atoms with Gasteiger partial charge in [-0.2, -0.15) is 0 Å². The molecule has 0 aromatic heterocycles. The lowest BCUT2D eigenvalue weighted by atomic mass is 9.73. The minimum absolute atomic E-state index is 0.0925. The molecule has 4 rings (SSSR count). The number of rotatable bonds is 9. The molecule has 2 aromatic rings. The van der Waals surface area contributed by atoms with Crippen LogP contribution in [-0.2, 0) is 10.4 Å². The van der Waals surface area contributed by atoms with Crippen molar-refractivity contribution in [1.29, 1.82) is 0 Å². The molecule has 6 N–H and O–H groups in total. The van der Waals surface area contributed by atoms with Crippen LogP contribution in [0.3, 0.4) is 0 Å². The number of benzene rings is 2. The van der Waals surface area contributed by atoms with Gasteiger partial charge in [0, 0.05) is 43.1 Å². The fourth-order valence-corrected chi connectivity index (χ4v) is 5.94. The van der Waals surface area contributed by atoms with Crippen LogP contribution < -0.4 is 15.8 Å². The number of hydrogen-bond acceptors (Lipinski definition) is 6. The van der Waals surface area contributed by atoms with Gasteiger partial charge in [-0.1, -0.05) is 24.3 Å². The lowest BCUT2D eigenvalue weighted by molar-refractivity contribution is -0.141. The standard InChI is InChI=1S/C29H38FN3O6/c1-18-6-2-8-21(14-18)39-26-22(9-3-10-23(26)30)29(38,11-5-12-32-28(36)37)20-7-4-13-33(17-20)27(35)19-15-24(31)25(34)16-19/h2-3,6,8-10,14,19-20,24-25,32,34,38H,4-5,7,11-13,15-17,31H2,1H3,(H,36,37). The highest BCUT2D eigenvalue weighted by Gasteiger charge is 2.45. The van der Waals surface area contributed by atoms with E-state index >= 15 is 4.39 Å². The number of halogens is 1. The van der Waals surface area contributed by atoms with E-state index in [1.165, 1.54) is 12.1 Å². The van der Waals surface area contributed by atoms with Crippen molar-refractivity contribution in [3.8, 4) is 11.5 Å². The topological polar surface area (TPSA) is 145 Å². The molecule has 1 saturated heterocycles.